The first-order valence-corrected chi connectivity index (χ1v) is 10.3. The number of rotatable bonds is 4. The SMILES string of the molecule is CC(C)Cn1nc(NC(=O)C(C)(C)C)c2cc(-c3cc(Cl)c4c(c3)OCO4)cnc21. The van der Waals surface area contributed by atoms with Gasteiger partial charge in [0.2, 0.25) is 12.7 Å². The molecule has 3 heterocycles. The van der Waals surface area contributed by atoms with Gasteiger partial charge < -0.3 is 14.8 Å². The number of halogens is 1. The highest BCUT2D eigenvalue weighted by Gasteiger charge is 2.25. The van der Waals surface area contributed by atoms with Crippen LogP contribution in [0.15, 0.2) is 24.4 Å². The zero-order chi connectivity index (χ0) is 21.6. The minimum atomic E-state index is -0.538. The molecule has 0 aliphatic carbocycles. The van der Waals surface area contributed by atoms with Crippen molar-refractivity contribution < 1.29 is 14.3 Å². The number of benzene rings is 1. The molecule has 1 N–H and O–H groups in total. The number of amides is 1. The van der Waals surface area contributed by atoms with Gasteiger partial charge in [-0.1, -0.05) is 46.2 Å². The molecule has 8 heteroatoms. The molecule has 3 aromatic rings. The van der Waals surface area contributed by atoms with E-state index in [1.165, 1.54) is 0 Å². The first kappa shape index (κ1) is 20.5. The topological polar surface area (TPSA) is 78.3 Å². The normalized spacial score (nSPS) is 13.3. The van der Waals surface area contributed by atoms with Crippen LogP contribution in [0.3, 0.4) is 0 Å². The molecule has 0 fully saturated rings. The fraction of sp³-hybridized carbons (Fsp3) is 0.409. The van der Waals surface area contributed by atoms with Crippen LogP contribution in [0.4, 0.5) is 5.82 Å². The Hall–Kier alpha value is -2.80. The molecule has 1 aromatic carbocycles. The van der Waals surface area contributed by atoms with Crippen LogP contribution in [-0.2, 0) is 11.3 Å². The number of anilines is 1. The van der Waals surface area contributed by atoms with Crippen molar-refractivity contribution in [2.75, 3.05) is 12.1 Å². The lowest BCUT2D eigenvalue weighted by molar-refractivity contribution is -0.123. The van der Waals surface area contributed by atoms with Crippen molar-refractivity contribution in [3.8, 4) is 22.6 Å². The molecule has 158 valence electrons. The van der Waals surface area contributed by atoms with E-state index >= 15 is 0 Å². The molecule has 0 atom stereocenters. The number of fused-ring (bicyclic) bond motifs is 2. The third-order valence-electron chi connectivity index (χ3n) is 4.80. The van der Waals surface area contributed by atoms with Gasteiger partial charge in [-0.25, -0.2) is 9.67 Å². The van der Waals surface area contributed by atoms with Crippen LogP contribution in [-0.4, -0.2) is 27.5 Å². The van der Waals surface area contributed by atoms with E-state index in [0.29, 0.717) is 34.8 Å². The Kier molecular flexibility index (Phi) is 5.10. The fourth-order valence-corrected chi connectivity index (χ4v) is 3.48. The molecular weight excluding hydrogens is 404 g/mol. The van der Waals surface area contributed by atoms with Crippen LogP contribution in [0, 0.1) is 11.3 Å². The first-order chi connectivity index (χ1) is 14.1. The standard InChI is InChI=1S/C22H25ClN4O3/c1-12(2)10-27-20-15(19(26-27)25-21(28)22(3,4)5)6-14(9-24-20)13-7-16(23)18-17(8-13)29-11-30-18/h6-9,12H,10-11H2,1-5H3,(H,25,26,28). The molecule has 0 bridgehead atoms. The Balaban J connectivity index is 1.81. The van der Waals surface area contributed by atoms with E-state index < -0.39 is 5.41 Å². The Morgan fingerprint density at radius 2 is 2.00 bits per heavy atom. The van der Waals surface area contributed by atoms with Gasteiger partial charge in [-0.15, -0.1) is 0 Å². The Bertz CT molecular complexity index is 1130. The highest BCUT2D eigenvalue weighted by Crippen LogP contribution is 2.42. The molecule has 0 radical (unpaired) electrons. The molecule has 1 amide bonds. The fourth-order valence-electron chi connectivity index (χ4n) is 3.21. The van der Waals surface area contributed by atoms with Crippen LogP contribution in [0.1, 0.15) is 34.6 Å². The van der Waals surface area contributed by atoms with Crippen LogP contribution in [0.25, 0.3) is 22.2 Å². The highest BCUT2D eigenvalue weighted by atomic mass is 35.5. The maximum Gasteiger partial charge on any atom is 0.231 e. The lowest BCUT2D eigenvalue weighted by Crippen LogP contribution is -2.28. The lowest BCUT2D eigenvalue weighted by Gasteiger charge is -2.16. The zero-order valence-electron chi connectivity index (χ0n) is 17.7. The molecular formula is C22H25ClN4O3. The zero-order valence-corrected chi connectivity index (χ0v) is 18.5. The number of hydrogen-bond donors (Lipinski definition) is 1. The van der Waals surface area contributed by atoms with Crippen molar-refractivity contribution in [3.63, 3.8) is 0 Å². The average molecular weight is 429 g/mol. The Morgan fingerprint density at radius 1 is 1.23 bits per heavy atom. The molecule has 1 aliphatic rings. The second-order valence-electron chi connectivity index (χ2n) is 8.92. The summed E-state index contributed by atoms with van der Waals surface area (Å²) in [6.07, 6.45) is 1.78. The number of nitrogens with zero attached hydrogens (tertiary/aromatic N) is 3. The van der Waals surface area contributed by atoms with Crippen molar-refractivity contribution >= 4 is 34.4 Å². The number of pyridine rings is 1. The van der Waals surface area contributed by atoms with Crippen LogP contribution < -0.4 is 14.8 Å². The summed E-state index contributed by atoms with van der Waals surface area (Å²) >= 11 is 6.36. The molecule has 0 spiro atoms. The van der Waals surface area contributed by atoms with E-state index in [-0.39, 0.29) is 12.7 Å². The quantitative estimate of drug-likeness (QED) is 0.623. The van der Waals surface area contributed by atoms with Crippen LogP contribution >= 0.6 is 11.6 Å². The van der Waals surface area contributed by atoms with E-state index in [2.05, 4.69) is 29.2 Å². The molecule has 0 unspecified atom stereocenters. The largest absolute Gasteiger partial charge is 0.454 e. The van der Waals surface area contributed by atoms with Crippen molar-refractivity contribution in [2.24, 2.45) is 11.3 Å². The van der Waals surface area contributed by atoms with Gasteiger partial charge >= 0.3 is 0 Å². The lowest BCUT2D eigenvalue weighted by atomic mass is 9.96. The van der Waals surface area contributed by atoms with Gasteiger partial charge in [0.25, 0.3) is 0 Å². The summed E-state index contributed by atoms with van der Waals surface area (Å²) in [4.78, 5) is 17.3. The minimum absolute atomic E-state index is 0.102. The number of hydrogen-bond acceptors (Lipinski definition) is 5. The second-order valence-corrected chi connectivity index (χ2v) is 9.32. The predicted molar refractivity (Wildman–Crippen MR) is 117 cm³/mol. The van der Waals surface area contributed by atoms with Crippen molar-refractivity contribution in [1.29, 1.82) is 0 Å². The number of carbonyl (C=O) groups excluding carboxylic acids is 1. The highest BCUT2D eigenvalue weighted by molar-refractivity contribution is 6.32. The average Bonchev–Trinajstić information content (AvgIpc) is 3.26. The van der Waals surface area contributed by atoms with Crippen molar-refractivity contribution in [2.45, 2.75) is 41.2 Å². The number of carbonyl (C=O) groups is 1. The molecule has 30 heavy (non-hydrogen) atoms. The molecule has 2 aromatic heterocycles. The number of ether oxygens (including phenoxy) is 2. The molecule has 1 aliphatic heterocycles. The molecule has 0 saturated carbocycles. The minimum Gasteiger partial charge on any atom is -0.454 e. The summed E-state index contributed by atoms with van der Waals surface area (Å²) < 4.78 is 12.7. The summed E-state index contributed by atoms with van der Waals surface area (Å²) in [5.41, 5.74) is 1.88. The van der Waals surface area contributed by atoms with Gasteiger partial charge in [-0.3, -0.25) is 4.79 Å². The first-order valence-electron chi connectivity index (χ1n) is 9.91. The molecule has 0 saturated heterocycles. The Morgan fingerprint density at radius 3 is 2.70 bits per heavy atom. The summed E-state index contributed by atoms with van der Waals surface area (Å²) in [5.74, 6) is 1.95. The molecule has 4 rings (SSSR count). The third-order valence-corrected chi connectivity index (χ3v) is 5.08. The van der Waals surface area contributed by atoms with E-state index in [9.17, 15) is 4.79 Å². The van der Waals surface area contributed by atoms with Crippen molar-refractivity contribution in [1.82, 2.24) is 14.8 Å². The van der Waals surface area contributed by atoms with Gasteiger partial charge in [-0.2, -0.15) is 5.10 Å². The van der Waals surface area contributed by atoms with E-state index in [1.54, 1.807) is 6.20 Å². The van der Waals surface area contributed by atoms with Gasteiger partial charge in [0.15, 0.2) is 23.0 Å². The van der Waals surface area contributed by atoms with Crippen LogP contribution in [0.5, 0.6) is 11.5 Å². The van der Waals surface area contributed by atoms with Gasteiger partial charge in [0, 0.05) is 23.7 Å². The summed E-state index contributed by atoms with van der Waals surface area (Å²) in [6.45, 7) is 10.7. The van der Waals surface area contributed by atoms with Gasteiger partial charge in [0.1, 0.15) is 0 Å². The number of nitrogens with one attached hydrogen (secondary N) is 1. The Labute approximate surface area is 180 Å². The predicted octanol–water partition coefficient (Wildman–Crippen LogP) is 5.12. The second kappa shape index (κ2) is 7.47. The monoisotopic (exact) mass is 428 g/mol. The summed E-state index contributed by atoms with van der Waals surface area (Å²) in [6, 6.07) is 5.67. The van der Waals surface area contributed by atoms with E-state index in [4.69, 9.17) is 21.1 Å². The smallest absolute Gasteiger partial charge is 0.231 e. The molecule has 7 nitrogen and oxygen atoms in total. The van der Waals surface area contributed by atoms with E-state index in [1.807, 2.05) is 43.7 Å². The van der Waals surface area contributed by atoms with Gasteiger partial charge in [0.05, 0.1) is 10.4 Å². The summed E-state index contributed by atoms with van der Waals surface area (Å²) in [7, 11) is 0. The third kappa shape index (κ3) is 3.81. The van der Waals surface area contributed by atoms with Crippen molar-refractivity contribution in [3.05, 3.63) is 29.4 Å². The maximum absolute atomic E-state index is 12.6. The maximum atomic E-state index is 12.6. The van der Waals surface area contributed by atoms with E-state index in [0.717, 1.165) is 22.2 Å². The number of aromatic nitrogens is 3. The van der Waals surface area contributed by atoms with Gasteiger partial charge in [-0.05, 0) is 29.7 Å². The summed E-state index contributed by atoms with van der Waals surface area (Å²) in [5, 5.41) is 8.87. The van der Waals surface area contributed by atoms with Crippen LogP contribution in [0.2, 0.25) is 5.02 Å².